The summed E-state index contributed by atoms with van der Waals surface area (Å²) in [5.74, 6) is 0.243. The molecule has 1 aliphatic rings. The Morgan fingerprint density at radius 1 is 1.26 bits per heavy atom. The van der Waals surface area contributed by atoms with Crippen molar-refractivity contribution in [2.24, 2.45) is 11.8 Å². The van der Waals surface area contributed by atoms with Crippen molar-refractivity contribution in [1.82, 2.24) is 15.1 Å². The van der Waals surface area contributed by atoms with Crippen LogP contribution >= 0.6 is 0 Å². The molecule has 0 spiro atoms. The Kier molecular flexibility index (Phi) is 4.32. The summed E-state index contributed by atoms with van der Waals surface area (Å²) in [6.07, 6.45) is 1.13. The van der Waals surface area contributed by atoms with Gasteiger partial charge in [-0.25, -0.2) is 4.79 Å². The van der Waals surface area contributed by atoms with Gasteiger partial charge in [0.1, 0.15) is 0 Å². The lowest BCUT2D eigenvalue weighted by atomic mass is 9.92. The van der Waals surface area contributed by atoms with Crippen LogP contribution in [-0.4, -0.2) is 46.7 Å². The monoisotopic (exact) mass is 315 g/mol. The van der Waals surface area contributed by atoms with Crippen molar-refractivity contribution in [1.29, 1.82) is 0 Å². The molecule has 1 N–H and O–H groups in total. The summed E-state index contributed by atoms with van der Waals surface area (Å²) in [7, 11) is 0. The average molecular weight is 315 g/mol. The standard InChI is InChI=1S/C17H21N3O3/c1-11-7-12(2)9-20(8-11)15(21)10-23-17(22)16-13-5-3-4-6-14(13)18-19-16/h3-6,11-12H,7-10H2,1-2H3,(H,18,19)/t11-,12-/m1/s1. The molecule has 1 aromatic carbocycles. The van der Waals surface area contributed by atoms with E-state index in [4.69, 9.17) is 4.74 Å². The molecular weight excluding hydrogens is 294 g/mol. The van der Waals surface area contributed by atoms with Crippen LogP contribution in [0.15, 0.2) is 24.3 Å². The second kappa shape index (κ2) is 6.40. The van der Waals surface area contributed by atoms with E-state index in [1.165, 1.54) is 0 Å². The topological polar surface area (TPSA) is 75.3 Å². The van der Waals surface area contributed by atoms with Gasteiger partial charge in [0.25, 0.3) is 5.91 Å². The number of fused-ring (bicyclic) bond motifs is 1. The molecule has 0 radical (unpaired) electrons. The predicted octanol–water partition coefficient (Wildman–Crippen LogP) is 2.22. The molecule has 23 heavy (non-hydrogen) atoms. The lowest BCUT2D eigenvalue weighted by Gasteiger charge is -2.34. The van der Waals surface area contributed by atoms with Gasteiger partial charge < -0.3 is 9.64 Å². The Morgan fingerprint density at radius 3 is 2.70 bits per heavy atom. The fraction of sp³-hybridized carbons (Fsp3) is 0.471. The molecule has 2 heterocycles. The maximum Gasteiger partial charge on any atom is 0.359 e. The first kappa shape index (κ1) is 15.5. The number of H-pyrrole nitrogens is 1. The van der Waals surface area contributed by atoms with E-state index in [1.54, 1.807) is 11.0 Å². The lowest BCUT2D eigenvalue weighted by Crippen LogP contribution is -2.44. The molecule has 6 heteroatoms. The number of hydrogen-bond donors (Lipinski definition) is 1. The van der Waals surface area contributed by atoms with Crippen molar-refractivity contribution >= 4 is 22.8 Å². The molecule has 1 fully saturated rings. The second-order valence-corrected chi connectivity index (χ2v) is 6.44. The Morgan fingerprint density at radius 2 is 1.96 bits per heavy atom. The molecule has 0 saturated carbocycles. The Labute approximate surface area is 134 Å². The fourth-order valence-corrected chi connectivity index (χ4v) is 3.27. The molecule has 3 rings (SSSR count). The normalized spacial score (nSPS) is 21.4. The van der Waals surface area contributed by atoms with Gasteiger partial charge in [-0.1, -0.05) is 32.0 Å². The summed E-state index contributed by atoms with van der Waals surface area (Å²) < 4.78 is 5.17. The third-order valence-electron chi connectivity index (χ3n) is 4.21. The summed E-state index contributed by atoms with van der Waals surface area (Å²) in [6.45, 7) is 5.49. The SMILES string of the molecule is C[C@@H]1C[C@@H](C)CN(C(=O)COC(=O)c2n[nH]c3ccccc23)C1. The number of aromatic amines is 1. The molecule has 122 valence electrons. The minimum atomic E-state index is -0.575. The summed E-state index contributed by atoms with van der Waals surface area (Å²) in [5.41, 5.74) is 0.984. The smallest absolute Gasteiger partial charge is 0.359 e. The molecule has 0 unspecified atom stereocenters. The first-order chi connectivity index (χ1) is 11.0. The van der Waals surface area contributed by atoms with Crippen molar-refractivity contribution in [2.75, 3.05) is 19.7 Å². The molecule has 0 aliphatic carbocycles. The highest BCUT2D eigenvalue weighted by Gasteiger charge is 2.26. The Hall–Kier alpha value is -2.37. The summed E-state index contributed by atoms with van der Waals surface area (Å²) in [5, 5.41) is 7.47. The van der Waals surface area contributed by atoms with Crippen LogP contribution < -0.4 is 0 Å². The number of carbonyl (C=O) groups excluding carboxylic acids is 2. The molecule has 1 saturated heterocycles. The fourth-order valence-electron chi connectivity index (χ4n) is 3.27. The number of likely N-dealkylation sites (tertiary alicyclic amines) is 1. The zero-order chi connectivity index (χ0) is 16.4. The number of nitrogens with zero attached hydrogens (tertiary/aromatic N) is 2. The highest BCUT2D eigenvalue weighted by Crippen LogP contribution is 2.21. The van der Waals surface area contributed by atoms with Crippen molar-refractivity contribution < 1.29 is 14.3 Å². The molecule has 2 aromatic rings. The van der Waals surface area contributed by atoms with Gasteiger partial charge in [0.15, 0.2) is 12.3 Å². The van der Waals surface area contributed by atoms with Crippen molar-refractivity contribution in [2.45, 2.75) is 20.3 Å². The van der Waals surface area contributed by atoms with E-state index >= 15 is 0 Å². The lowest BCUT2D eigenvalue weighted by molar-refractivity contribution is -0.137. The third kappa shape index (κ3) is 3.36. The largest absolute Gasteiger partial charge is 0.451 e. The van der Waals surface area contributed by atoms with Gasteiger partial charge in [0.2, 0.25) is 0 Å². The van der Waals surface area contributed by atoms with Gasteiger partial charge in [0, 0.05) is 18.5 Å². The van der Waals surface area contributed by atoms with Crippen molar-refractivity contribution in [3.63, 3.8) is 0 Å². The van der Waals surface area contributed by atoms with Crippen LogP contribution in [0, 0.1) is 11.8 Å². The maximum atomic E-state index is 12.2. The highest BCUT2D eigenvalue weighted by atomic mass is 16.5. The quantitative estimate of drug-likeness (QED) is 0.881. The van der Waals surface area contributed by atoms with Crippen LogP contribution in [0.4, 0.5) is 0 Å². The number of carbonyl (C=O) groups is 2. The molecular formula is C17H21N3O3. The molecule has 2 atom stereocenters. The van der Waals surface area contributed by atoms with Crippen molar-refractivity contribution in [3.8, 4) is 0 Å². The first-order valence-electron chi connectivity index (χ1n) is 7.92. The number of esters is 1. The van der Waals surface area contributed by atoms with E-state index in [0.29, 0.717) is 17.2 Å². The maximum absolute atomic E-state index is 12.2. The van der Waals surface area contributed by atoms with Gasteiger partial charge in [-0.05, 0) is 24.3 Å². The van der Waals surface area contributed by atoms with Crippen LogP contribution in [0.25, 0.3) is 10.9 Å². The van der Waals surface area contributed by atoms with Crippen LogP contribution in [0.5, 0.6) is 0 Å². The van der Waals surface area contributed by atoms with Gasteiger partial charge in [-0.2, -0.15) is 5.10 Å². The van der Waals surface area contributed by atoms with Crippen molar-refractivity contribution in [3.05, 3.63) is 30.0 Å². The van der Waals surface area contributed by atoms with Crippen LogP contribution in [0.2, 0.25) is 0 Å². The van der Waals surface area contributed by atoms with E-state index in [9.17, 15) is 9.59 Å². The van der Waals surface area contributed by atoms with E-state index in [-0.39, 0.29) is 18.2 Å². The van der Waals surface area contributed by atoms with E-state index in [2.05, 4.69) is 24.0 Å². The van der Waals surface area contributed by atoms with Crippen LogP contribution in [0.3, 0.4) is 0 Å². The number of para-hydroxylation sites is 1. The zero-order valence-electron chi connectivity index (χ0n) is 13.4. The number of hydrogen-bond acceptors (Lipinski definition) is 4. The predicted molar refractivity (Wildman–Crippen MR) is 85.9 cm³/mol. The number of amides is 1. The van der Waals surface area contributed by atoms with E-state index < -0.39 is 5.97 Å². The number of rotatable bonds is 3. The van der Waals surface area contributed by atoms with Crippen LogP contribution in [-0.2, 0) is 9.53 Å². The highest BCUT2D eigenvalue weighted by molar-refractivity contribution is 6.02. The minimum absolute atomic E-state index is 0.142. The van der Waals surface area contributed by atoms with E-state index in [1.807, 2.05) is 18.2 Å². The number of benzene rings is 1. The summed E-state index contributed by atoms with van der Waals surface area (Å²) in [4.78, 5) is 26.2. The summed E-state index contributed by atoms with van der Waals surface area (Å²) >= 11 is 0. The van der Waals surface area contributed by atoms with Gasteiger partial charge in [0.05, 0.1) is 5.52 Å². The van der Waals surface area contributed by atoms with Crippen LogP contribution in [0.1, 0.15) is 30.8 Å². The van der Waals surface area contributed by atoms with Gasteiger partial charge in [-0.3, -0.25) is 9.89 Å². The molecule has 6 nitrogen and oxygen atoms in total. The molecule has 0 bridgehead atoms. The molecule has 1 aromatic heterocycles. The first-order valence-corrected chi connectivity index (χ1v) is 7.92. The Balaban J connectivity index is 1.61. The Bertz CT molecular complexity index is 715. The number of ether oxygens (including phenoxy) is 1. The summed E-state index contributed by atoms with van der Waals surface area (Å²) in [6, 6.07) is 7.32. The zero-order valence-corrected chi connectivity index (χ0v) is 13.4. The molecule has 1 amide bonds. The second-order valence-electron chi connectivity index (χ2n) is 6.44. The number of piperidine rings is 1. The third-order valence-corrected chi connectivity index (χ3v) is 4.21. The molecule has 1 aliphatic heterocycles. The van der Waals surface area contributed by atoms with Gasteiger partial charge >= 0.3 is 5.97 Å². The number of nitrogens with one attached hydrogen (secondary N) is 1. The van der Waals surface area contributed by atoms with Gasteiger partial charge in [-0.15, -0.1) is 0 Å². The van der Waals surface area contributed by atoms with E-state index in [0.717, 1.165) is 25.0 Å². The average Bonchev–Trinajstić information content (AvgIpc) is 2.95. The number of aromatic nitrogens is 2. The minimum Gasteiger partial charge on any atom is -0.451 e.